The average molecular weight is 378 g/mol. The van der Waals surface area contributed by atoms with Gasteiger partial charge >= 0.3 is 0 Å². The van der Waals surface area contributed by atoms with Gasteiger partial charge in [0.05, 0.1) is 17.0 Å². The first-order valence-corrected chi connectivity index (χ1v) is 9.27. The molecule has 1 aromatic heterocycles. The van der Waals surface area contributed by atoms with Crippen LogP contribution in [0.1, 0.15) is 34.1 Å². The van der Waals surface area contributed by atoms with E-state index in [1.165, 1.54) is 0 Å². The first kappa shape index (κ1) is 18.3. The lowest BCUT2D eigenvalue weighted by atomic mass is 9.98. The van der Waals surface area contributed by atoms with Crippen molar-refractivity contribution < 1.29 is 14.3 Å². The molecule has 1 amide bonds. The van der Waals surface area contributed by atoms with E-state index < -0.39 is 6.04 Å². The highest BCUT2D eigenvalue weighted by molar-refractivity contribution is 5.99. The van der Waals surface area contributed by atoms with Gasteiger partial charge in [0, 0.05) is 6.54 Å². The van der Waals surface area contributed by atoms with Crippen molar-refractivity contribution in [2.24, 2.45) is 0 Å². The summed E-state index contributed by atoms with van der Waals surface area (Å²) in [5.41, 5.74) is 1.38. The summed E-state index contributed by atoms with van der Waals surface area (Å²) in [5, 5.41) is 10.1. The number of carbonyl (C=O) groups is 1. The van der Waals surface area contributed by atoms with E-state index in [4.69, 9.17) is 4.42 Å². The number of fused-ring (bicyclic) bond motifs is 2. The van der Waals surface area contributed by atoms with Crippen LogP contribution in [0.2, 0.25) is 0 Å². The molecule has 0 aliphatic carbocycles. The van der Waals surface area contributed by atoms with Crippen molar-refractivity contribution in [3.8, 4) is 5.75 Å². The summed E-state index contributed by atoms with van der Waals surface area (Å²) in [6, 6.07) is 13.1. The van der Waals surface area contributed by atoms with Crippen molar-refractivity contribution in [2.45, 2.75) is 12.5 Å². The van der Waals surface area contributed by atoms with Gasteiger partial charge in [-0.2, -0.15) is 0 Å². The number of phenolic OH excluding ortho intramolecular Hbond substituents is 1. The van der Waals surface area contributed by atoms with Gasteiger partial charge in [-0.3, -0.25) is 9.59 Å². The lowest BCUT2D eigenvalue weighted by Gasteiger charge is -2.25. The van der Waals surface area contributed by atoms with Gasteiger partial charge in [0.15, 0.2) is 5.43 Å². The molecule has 2 aromatic carbocycles. The van der Waals surface area contributed by atoms with Gasteiger partial charge in [-0.25, -0.2) is 0 Å². The number of hydrogen-bond acceptors (Lipinski definition) is 5. The van der Waals surface area contributed by atoms with Crippen LogP contribution >= 0.6 is 0 Å². The number of amides is 1. The highest BCUT2D eigenvalue weighted by Gasteiger charge is 2.42. The molecule has 0 fully saturated rings. The second-order valence-electron chi connectivity index (χ2n) is 7.32. The van der Waals surface area contributed by atoms with E-state index in [9.17, 15) is 14.7 Å². The number of hydrogen-bond donors (Lipinski definition) is 1. The van der Waals surface area contributed by atoms with Crippen molar-refractivity contribution >= 4 is 16.9 Å². The SMILES string of the molecule is CN(C)CCCN1C(=O)c2oc3ccccc3c(=O)c2C1c1ccc(O)cc1. The third kappa shape index (κ3) is 3.05. The van der Waals surface area contributed by atoms with Crippen LogP contribution in [0, 0.1) is 0 Å². The normalized spacial score (nSPS) is 16.2. The van der Waals surface area contributed by atoms with Gasteiger partial charge in [0.25, 0.3) is 5.91 Å². The summed E-state index contributed by atoms with van der Waals surface area (Å²) < 4.78 is 5.88. The maximum atomic E-state index is 13.2. The lowest BCUT2D eigenvalue weighted by molar-refractivity contribution is 0.0722. The molecule has 0 radical (unpaired) electrons. The Bertz CT molecular complexity index is 1090. The number of para-hydroxylation sites is 1. The maximum absolute atomic E-state index is 13.2. The van der Waals surface area contributed by atoms with Crippen LogP contribution in [0.4, 0.5) is 0 Å². The Labute approximate surface area is 162 Å². The molecule has 1 N–H and O–H groups in total. The van der Waals surface area contributed by atoms with E-state index in [1.54, 1.807) is 53.4 Å². The number of carbonyl (C=O) groups excluding carboxylic acids is 1. The molecule has 0 spiro atoms. The van der Waals surface area contributed by atoms with Gasteiger partial charge in [0.1, 0.15) is 11.3 Å². The van der Waals surface area contributed by atoms with Crippen LogP contribution in [0.3, 0.4) is 0 Å². The molecule has 1 aliphatic heterocycles. The molecule has 4 rings (SSSR count). The fourth-order valence-electron chi connectivity index (χ4n) is 3.76. The van der Waals surface area contributed by atoms with E-state index in [1.807, 2.05) is 14.1 Å². The summed E-state index contributed by atoms with van der Waals surface area (Å²) in [6.07, 6.45) is 0.773. The van der Waals surface area contributed by atoms with Crippen LogP contribution in [0.25, 0.3) is 11.0 Å². The van der Waals surface area contributed by atoms with Crippen LogP contribution in [-0.2, 0) is 0 Å². The van der Waals surface area contributed by atoms with Crippen molar-refractivity contribution in [3.05, 3.63) is 75.6 Å². The van der Waals surface area contributed by atoms with Gasteiger partial charge < -0.3 is 19.3 Å². The molecule has 3 aromatic rings. The number of rotatable bonds is 5. The Morgan fingerprint density at radius 3 is 2.50 bits per heavy atom. The fourth-order valence-corrected chi connectivity index (χ4v) is 3.76. The van der Waals surface area contributed by atoms with Gasteiger partial charge in [-0.15, -0.1) is 0 Å². The van der Waals surface area contributed by atoms with E-state index in [2.05, 4.69) is 4.90 Å². The largest absolute Gasteiger partial charge is 0.508 e. The average Bonchev–Trinajstić information content (AvgIpc) is 2.95. The van der Waals surface area contributed by atoms with Crippen molar-refractivity contribution in [2.75, 3.05) is 27.2 Å². The molecule has 144 valence electrons. The summed E-state index contributed by atoms with van der Waals surface area (Å²) in [7, 11) is 3.96. The van der Waals surface area contributed by atoms with Gasteiger partial charge in [-0.05, 0) is 56.9 Å². The van der Waals surface area contributed by atoms with E-state index in [-0.39, 0.29) is 22.8 Å². The predicted octanol–water partition coefficient (Wildman–Crippen LogP) is 3.00. The van der Waals surface area contributed by atoms with E-state index in [0.717, 1.165) is 18.5 Å². The van der Waals surface area contributed by atoms with Crippen molar-refractivity contribution in [1.82, 2.24) is 9.80 Å². The highest BCUT2D eigenvalue weighted by atomic mass is 16.3. The first-order chi connectivity index (χ1) is 13.5. The van der Waals surface area contributed by atoms with Crippen LogP contribution in [0.15, 0.2) is 57.7 Å². The number of nitrogens with zero attached hydrogens (tertiary/aromatic N) is 2. The Morgan fingerprint density at radius 2 is 1.79 bits per heavy atom. The van der Waals surface area contributed by atoms with Crippen molar-refractivity contribution in [1.29, 1.82) is 0 Å². The zero-order valence-corrected chi connectivity index (χ0v) is 15.9. The molecule has 0 saturated carbocycles. The Hall–Kier alpha value is -3.12. The molecule has 1 atom stereocenters. The number of benzene rings is 2. The molecule has 6 nitrogen and oxygen atoms in total. The Balaban J connectivity index is 1.86. The highest BCUT2D eigenvalue weighted by Crippen LogP contribution is 2.38. The Kier molecular flexibility index (Phi) is 4.65. The summed E-state index contributed by atoms with van der Waals surface area (Å²) in [5.74, 6) is -0.0145. The quantitative estimate of drug-likeness (QED) is 0.739. The minimum Gasteiger partial charge on any atom is -0.508 e. The second-order valence-corrected chi connectivity index (χ2v) is 7.32. The fraction of sp³-hybridized carbons (Fsp3) is 0.273. The lowest BCUT2D eigenvalue weighted by Crippen LogP contribution is -2.32. The zero-order chi connectivity index (χ0) is 19.8. The molecule has 28 heavy (non-hydrogen) atoms. The molecule has 0 bridgehead atoms. The Morgan fingerprint density at radius 1 is 1.07 bits per heavy atom. The first-order valence-electron chi connectivity index (χ1n) is 9.27. The molecule has 1 aliphatic rings. The van der Waals surface area contributed by atoms with Crippen LogP contribution in [0.5, 0.6) is 5.75 Å². The summed E-state index contributed by atoms with van der Waals surface area (Å²) >= 11 is 0. The minimum absolute atomic E-state index is 0.117. The topological polar surface area (TPSA) is 74.0 Å². The smallest absolute Gasteiger partial charge is 0.290 e. The summed E-state index contributed by atoms with van der Waals surface area (Å²) in [4.78, 5) is 30.2. The van der Waals surface area contributed by atoms with E-state index in [0.29, 0.717) is 23.1 Å². The number of phenols is 1. The molecule has 0 saturated heterocycles. The third-order valence-electron chi connectivity index (χ3n) is 5.09. The minimum atomic E-state index is -0.522. The monoisotopic (exact) mass is 378 g/mol. The zero-order valence-electron chi connectivity index (χ0n) is 15.9. The molecular formula is C22H22N2O4. The molecule has 1 unspecified atom stereocenters. The predicted molar refractivity (Wildman–Crippen MR) is 107 cm³/mol. The van der Waals surface area contributed by atoms with E-state index >= 15 is 0 Å². The third-order valence-corrected chi connectivity index (χ3v) is 5.09. The molecular weight excluding hydrogens is 356 g/mol. The molecule has 2 heterocycles. The van der Waals surface area contributed by atoms with Crippen LogP contribution < -0.4 is 5.43 Å². The van der Waals surface area contributed by atoms with Gasteiger partial charge in [0.2, 0.25) is 5.76 Å². The van der Waals surface area contributed by atoms with Crippen molar-refractivity contribution in [3.63, 3.8) is 0 Å². The molecule has 6 heteroatoms. The van der Waals surface area contributed by atoms with Crippen LogP contribution in [-0.4, -0.2) is 48.0 Å². The number of aromatic hydroxyl groups is 1. The maximum Gasteiger partial charge on any atom is 0.290 e. The van der Waals surface area contributed by atoms with Gasteiger partial charge in [-0.1, -0.05) is 24.3 Å². The second kappa shape index (κ2) is 7.13. The summed E-state index contributed by atoms with van der Waals surface area (Å²) in [6.45, 7) is 1.33. The standard InChI is InChI=1S/C22H22N2O4/c1-23(2)12-5-13-24-19(14-8-10-15(25)11-9-14)18-20(26)16-6-3-4-7-17(16)28-21(18)22(24)27/h3-4,6-11,19,25H,5,12-13H2,1-2H3.